The average Bonchev–Trinajstić information content (AvgIpc) is 2.90. The van der Waals surface area contributed by atoms with E-state index in [4.69, 9.17) is 0 Å². The van der Waals surface area contributed by atoms with Crippen LogP contribution in [0.5, 0.6) is 0 Å². The molecule has 0 aliphatic heterocycles. The first kappa shape index (κ1) is 16.3. The smallest absolute Gasteiger partial charge is 0.0728 e. The van der Waals surface area contributed by atoms with Crippen molar-refractivity contribution < 1.29 is 0 Å². The van der Waals surface area contributed by atoms with Gasteiger partial charge < -0.3 is 10.2 Å². The highest BCUT2D eigenvalue weighted by atomic mass is 15.3. The molecule has 1 aliphatic carbocycles. The molecule has 21 heavy (non-hydrogen) atoms. The van der Waals surface area contributed by atoms with Crippen molar-refractivity contribution in [3.8, 4) is 0 Å². The van der Waals surface area contributed by atoms with Gasteiger partial charge in [0.15, 0.2) is 0 Å². The van der Waals surface area contributed by atoms with Gasteiger partial charge in [-0.3, -0.25) is 4.68 Å². The Kier molecular flexibility index (Phi) is 5.68. The third kappa shape index (κ3) is 4.47. The van der Waals surface area contributed by atoms with E-state index in [1.165, 1.54) is 31.4 Å². The van der Waals surface area contributed by atoms with E-state index in [0.717, 1.165) is 26.2 Å². The van der Waals surface area contributed by atoms with Gasteiger partial charge >= 0.3 is 0 Å². The Morgan fingerprint density at radius 3 is 2.76 bits per heavy atom. The first-order valence-electron chi connectivity index (χ1n) is 8.56. The molecule has 0 spiro atoms. The van der Waals surface area contributed by atoms with Gasteiger partial charge in [0, 0.05) is 18.8 Å². The zero-order chi connectivity index (χ0) is 15.3. The van der Waals surface area contributed by atoms with Crippen LogP contribution in [-0.2, 0) is 6.54 Å². The number of hydrogen-bond donors (Lipinski definition) is 1. The monoisotopic (exact) mass is 292 g/mol. The summed E-state index contributed by atoms with van der Waals surface area (Å²) in [5.41, 5.74) is 1.57. The van der Waals surface area contributed by atoms with Crippen LogP contribution < -0.4 is 5.32 Å². The van der Waals surface area contributed by atoms with Crippen LogP contribution in [0.3, 0.4) is 0 Å². The lowest BCUT2D eigenvalue weighted by Crippen LogP contribution is -2.38. The highest BCUT2D eigenvalue weighted by Crippen LogP contribution is 2.37. The molecule has 120 valence electrons. The zero-order valence-electron chi connectivity index (χ0n) is 14.2. The molecule has 0 saturated heterocycles. The summed E-state index contributed by atoms with van der Waals surface area (Å²) >= 11 is 0. The maximum Gasteiger partial charge on any atom is 0.0728 e. The summed E-state index contributed by atoms with van der Waals surface area (Å²) in [7, 11) is 0. The van der Waals surface area contributed by atoms with Crippen LogP contribution in [0.15, 0.2) is 12.4 Å². The Balaban J connectivity index is 1.88. The minimum absolute atomic E-state index is 0.390. The molecule has 1 fully saturated rings. The van der Waals surface area contributed by atoms with Gasteiger partial charge in [-0.15, -0.1) is 0 Å². The second kappa shape index (κ2) is 7.30. The second-order valence-corrected chi connectivity index (χ2v) is 6.95. The first-order valence-corrected chi connectivity index (χ1v) is 8.56. The van der Waals surface area contributed by atoms with Crippen LogP contribution in [0.1, 0.15) is 53.4 Å². The Morgan fingerprint density at radius 1 is 1.33 bits per heavy atom. The Morgan fingerprint density at radius 2 is 2.10 bits per heavy atom. The third-order valence-corrected chi connectivity index (χ3v) is 5.02. The molecule has 0 amide bonds. The normalized spacial score (nSPS) is 21.7. The molecule has 1 heterocycles. The SMILES string of the molecule is CCN(CC)CCn1cc(NC2CCCCC2(C)C)cn1. The fourth-order valence-electron chi connectivity index (χ4n) is 3.31. The summed E-state index contributed by atoms with van der Waals surface area (Å²) < 4.78 is 2.07. The quantitative estimate of drug-likeness (QED) is 0.833. The van der Waals surface area contributed by atoms with Gasteiger partial charge in [0.1, 0.15) is 0 Å². The topological polar surface area (TPSA) is 33.1 Å². The fraction of sp³-hybridized carbons (Fsp3) is 0.824. The minimum Gasteiger partial charge on any atom is -0.379 e. The van der Waals surface area contributed by atoms with Crippen molar-refractivity contribution in [2.45, 2.75) is 66.0 Å². The lowest BCUT2D eigenvalue weighted by molar-refractivity contribution is 0.217. The summed E-state index contributed by atoms with van der Waals surface area (Å²) in [4.78, 5) is 2.43. The molecule has 1 aliphatic rings. The number of aromatic nitrogens is 2. The van der Waals surface area contributed by atoms with Gasteiger partial charge in [0.2, 0.25) is 0 Å². The maximum atomic E-state index is 4.50. The lowest BCUT2D eigenvalue weighted by atomic mass is 9.73. The van der Waals surface area contributed by atoms with E-state index in [0.29, 0.717) is 11.5 Å². The maximum absolute atomic E-state index is 4.50. The van der Waals surface area contributed by atoms with E-state index in [-0.39, 0.29) is 0 Å². The molecule has 4 nitrogen and oxygen atoms in total. The van der Waals surface area contributed by atoms with Gasteiger partial charge in [-0.2, -0.15) is 5.10 Å². The molecular formula is C17H32N4. The van der Waals surface area contributed by atoms with Crippen molar-refractivity contribution in [3.63, 3.8) is 0 Å². The molecular weight excluding hydrogens is 260 g/mol. The van der Waals surface area contributed by atoms with E-state index < -0.39 is 0 Å². The number of likely N-dealkylation sites (N-methyl/N-ethyl adjacent to an activating group) is 1. The fourth-order valence-corrected chi connectivity index (χ4v) is 3.31. The molecule has 0 radical (unpaired) electrons. The summed E-state index contributed by atoms with van der Waals surface area (Å²) in [6.07, 6.45) is 9.45. The van der Waals surface area contributed by atoms with Crippen LogP contribution in [0.4, 0.5) is 5.69 Å². The predicted molar refractivity (Wildman–Crippen MR) is 89.7 cm³/mol. The van der Waals surface area contributed by atoms with Gasteiger partial charge in [-0.25, -0.2) is 0 Å². The van der Waals surface area contributed by atoms with Crippen molar-refractivity contribution in [1.82, 2.24) is 14.7 Å². The zero-order valence-corrected chi connectivity index (χ0v) is 14.2. The van der Waals surface area contributed by atoms with Crippen molar-refractivity contribution >= 4 is 5.69 Å². The molecule has 2 rings (SSSR count). The number of rotatable bonds is 7. The van der Waals surface area contributed by atoms with E-state index >= 15 is 0 Å². The summed E-state index contributed by atoms with van der Waals surface area (Å²) in [6, 6.07) is 0.576. The number of anilines is 1. The Bertz CT molecular complexity index is 420. The van der Waals surface area contributed by atoms with Gasteiger partial charge in [-0.05, 0) is 31.3 Å². The third-order valence-electron chi connectivity index (χ3n) is 5.02. The molecule has 1 unspecified atom stereocenters. The van der Waals surface area contributed by atoms with Crippen LogP contribution in [0.2, 0.25) is 0 Å². The second-order valence-electron chi connectivity index (χ2n) is 6.95. The molecule has 0 bridgehead atoms. The van der Waals surface area contributed by atoms with E-state index in [1.807, 2.05) is 6.20 Å². The summed E-state index contributed by atoms with van der Waals surface area (Å²) in [5, 5.41) is 8.21. The highest BCUT2D eigenvalue weighted by Gasteiger charge is 2.32. The van der Waals surface area contributed by atoms with Crippen LogP contribution >= 0.6 is 0 Å². The van der Waals surface area contributed by atoms with Crippen molar-refractivity contribution in [3.05, 3.63) is 12.4 Å². The largest absolute Gasteiger partial charge is 0.379 e. The molecule has 4 heteroatoms. The molecule has 0 aromatic carbocycles. The van der Waals surface area contributed by atoms with E-state index in [1.54, 1.807) is 0 Å². The lowest BCUT2D eigenvalue weighted by Gasteiger charge is -2.39. The average molecular weight is 292 g/mol. The van der Waals surface area contributed by atoms with Crippen LogP contribution in [-0.4, -0.2) is 40.4 Å². The van der Waals surface area contributed by atoms with Crippen molar-refractivity contribution in [2.24, 2.45) is 5.41 Å². The predicted octanol–water partition coefficient (Wildman–Crippen LogP) is 3.61. The highest BCUT2D eigenvalue weighted by molar-refractivity contribution is 5.40. The molecule has 1 saturated carbocycles. The van der Waals surface area contributed by atoms with Crippen LogP contribution in [0, 0.1) is 5.41 Å². The molecule has 1 N–H and O–H groups in total. The number of nitrogens with zero attached hydrogens (tertiary/aromatic N) is 3. The molecule has 1 aromatic heterocycles. The Labute approximate surface area is 129 Å². The van der Waals surface area contributed by atoms with Crippen molar-refractivity contribution in [1.29, 1.82) is 0 Å². The van der Waals surface area contributed by atoms with Gasteiger partial charge in [-0.1, -0.05) is 40.5 Å². The minimum atomic E-state index is 0.390. The van der Waals surface area contributed by atoms with E-state index in [2.05, 4.69) is 53.9 Å². The number of hydrogen-bond acceptors (Lipinski definition) is 3. The van der Waals surface area contributed by atoms with Gasteiger partial charge in [0.05, 0.1) is 18.4 Å². The van der Waals surface area contributed by atoms with Crippen molar-refractivity contribution in [2.75, 3.05) is 25.0 Å². The molecule has 1 aromatic rings. The van der Waals surface area contributed by atoms with E-state index in [9.17, 15) is 0 Å². The summed E-state index contributed by atoms with van der Waals surface area (Å²) in [5.74, 6) is 0. The standard InChI is InChI=1S/C17H32N4/c1-5-20(6-2)11-12-21-14-15(13-18-21)19-16-9-7-8-10-17(16,3)4/h13-14,16,19H,5-12H2,1-4H3. The molecule has 1 atom stereocenters. The van der Waals surface area contributed by atoms with Gasteiger partial charge in [0.25, 0.3) is 0 Å². The summed E-state index contributed by atoms with van der Waals surface area (Å²) in [6.45, 7) is 13.5. The Hall–Kier alpha value is -1.03. The van der Waals surface area contributed by atoms with Crippen LogP contribution in [0.25, 0.3) is 0 Å². The first-order chi connectivity index (χ1) is 10.0. The number of nitrogens with one attached hydrogen (secondary N) is 1.